The largest absolute Gasteiger partial charge is 0.496 e. The van der Waals surface area contributed by atoms with Crippen molar-refractivity contribution in [3.05, 3.63) is 68.8 Å². The molecule has 0 amide bonds. The molecule has 2 aromatic carbocycles. The summed E-state index contributed by atoms with van der Waals surface area (Å²) in [5.41, 5.74) is 2.82. The van der Waals surface area contributed by atoms with Crippen molar-refractivity contribution < 1.29 is 18.1 Å². The Kier molecular flexibility index (Phi) is 5.23. The zero-order chi connectivity index (χ0) is 17.9. The maximum absolute atomic E-state index is 12.5. The highest BCUT2D eigenvalue weighted by atomic mass is 32.2. The van der Waals surface area contributed by atoms with Crippen LogP contribution in [0, 0.1) is 24.0 Å². The smallest absolute Gasteiger partial charge is 0.270 e. The number of benzene rings is 2. The minimum absolute atomic E-state index is 0.124. The first kappa shape index (κ1) is 17.9. The number of methoxy groups -OCH3 is 1. The van der Waals surface area contributed by atoms with Crippen LogP contribution in [0.15, 0.2) is 36.4 Å². The second-order valence-electron chi connectivity index (χ2n) is 5.78. The quantitative estimate of drug-likeness (QED) is 0.590. The van der Waals surface area contributed by atoms with Crippen molar-refractivity contribution in [3.8, 4) is 5.75 Å². The van der Waals surface area contributed by atoms with Crippen molar-refractivity contribution in [1.29, 1.82) is 0 Å². The number of nitro benzene ring substituents is 1. The number of hydrogen-bond acceptors (Lipinski definition) is 5. The number of rotatable bonds is 6. The minimum atomic E-state index is -3.50. The molecule has 0 unspecified atom stereocenters. The molecule has 0 aromatic heterocycles. The predicted molar refractivity (Wildman–Crippen MR) is 91.9 cm³/mol. The molecule has 0 spiro atoms. The zero-order valence-corrected chi connectivity index (χ0v) is 14.6. The highest BCUT2D eigenvalue weighted by Crippen LogP contribution is 2.27. The van der Waals surface area contributed by atoms with Gasteiger partial charge in [0.1, 0.15) is 5.75 Å². The highest BCUT2D eigenvalue weighted by Gasteiger charge is 2.19. The molecule has 0 aliphatic carbocycles. The molecule has 2 rings (SSSR count). The fourth-order valence-corrected chi connectivity index (χ4v) is 4.16. The molecule has 6 nitrogen and oxygen atoms in total. The van der Waals surface area contributed by atoms with Gasteiger partial charge in [0.25, 0.3) is 5.69 Å². The Morgan fingerprint density at radius 1 is 1.04 bits per heavy atom. The molecule has 0 bridgehead atoms. The number of non-ortho nitro benzene ring substituents is 1. The van der Waals surface area contributed by atoms with Crippen molar-refractivity contribution in [3.63, 3.8) is 0 Å². The minimum Gasteiger partial charge on any atom is -0.496 e. The van der Waals surface area contributed by atoms with E-state index in [9.17, 15) is 18.5 Å². The van der Waals surface area contributed by atoms with E-state index in [1.165, 1.54) is 25.3 Å². The van der Waals surface area contributed by atoms with Gasteiger partial charge in [-0.15, -0.1) is 0 Å². The lowest BCUT2D eigenvalue weighted by Crippen LogP contribution is -2.09. The van der Waals surface area contributed by atoms with Crippen LogP contribution in [0.3, 0.4) is 0 Å². The molecule has 128 valence electrons. The summed E-state index contributed by atoms with van der Waals surface area (Å²) in [4.78, 5) is 10.3. The SMILES string of the molecule is COc1ccc([N+](=O)[O-])cc1CS(=O)(=O)Cc1cc(C)cc(C)c1. The molecule has 0 fully saturated rings. The molecule has 0 saturated heterocycles. The first-order valence-corrected chi connectivity index (χ1v) is 9.11. The summed E-state index contributed by atoms with van der Waals surface area (Å²) >= 11 is 0. The summed E-state index contributed by atoms with van der Waals surface area (Å²) in [6.45, 7) is 3.82. The molecule has 0 atom stereocenters. The maximum Gasteiger partial charge on any atom is 0.270 e. The molecule has 0 saturated carbocycles. The van der Waals surface area contributed by atoms with E-state index in [1.54, 1.807) is 0 Å². The summed E-state index contributed by atoms with van der Waals surface area (Å²) in [5.74, 6) is -0.115. The van der Waals surface area contributed by atoms with Gasteiger partial charge in [0.05, 0.1) is 23.5 Å². The molecule has 0 radical (unpaired) electrons. The normalized spacial score (nSPS) is 11.3. The van der Waals surface area contributed by atoms with E-state index in [0.717, 1.165) is 11.1 Å². The van der Waals surface area contributed by atoms with Gasteiger partial charge in [0.2, 0.25) is 0 Å². The fraction of sp³-hybridized carbons (Fsp3) is 0.294. The third-order valence-electron chi connectivity index (χ3n) is 3.52. The molecule has 0 N–H and O–H groups in total. The van der Waals surface area contributed by atoms with Crippen LogP contribution in [0.1, 0.15) is 22.3 Å². The van der Waals surface area contributed by atoms with E-state index >= 15 is 0 Å². The number of sulfone groups is 1. The van der Waals surface area contributed by atoms with Crippen molar-refractivity contribution in [2.45, 2.75) is 25.4 Å². The number of nitro groups is 1. The third kappa shape index (κ3) is 4.55. The van der Waals surface area contributed by atoms with Gasteiger partial charge in [-0.3, -0.25) is 10.1 Å². The first-order chi connectivity index (χ1) is 11.2. The van der Waals surface area contributed by atoms with Gasteiger partial charge < -0.3 is 4.74 Å². The van der Waals surface area contributed by atoms with Crippen molar-refractivity contribution in [2.75, 3.05) is 7.11 Å². The second kappa shape index (κ2) is 7.00. The summed E-state index contributed by atoms with van der Waals surface area (Å²) in [6.07, 6.45) is 0. The van der Waals surface area contributed by atoms with Crippen LogP contribution in [-0.2, 0) is 21.3 Å². The third-order valence-corrected chi connectivity index (χ3v) is 5.04. The standard InChI is InChI=1S/C17H19NO5S/c1-12-6-13(2)8-14(7-12)10-24(21,22)11-15-9-16(18(19)20)4-5-17(15)23-3/h4-9H,10-11H2,1-3H3. The topological polar surface area (TPSA) is 86.5 Å². The van der Waals surface area contributed by atoms with Crippen LogP contribution in [0.5, 0.6) is 5.75 Å². The van der Waals surface area contributed by atoms with Crippen LogP contribution in [0.4, 0.5) is 5.69 Å². The van der Waals surface area contributed by atoms with Gasteiger partial charge in [-0.05, 0) is 25.5 Å². The Bertz CT molecular complexity index is 854. The molecule has 2 aromatic rings. The van der Waals surface area contributed by atoms with Gasteiger partial charge in [-0.1, -0.05) is 29.3 Å². The summed E-state index contributed by atoms with van der Waals surface area (Å²) in [5, 5.41) is 10.9. The van der Waals surface area contributed by atoms with Crippen LogP contribution in [0.25, 0.3) is 0 Å². The molecular formula is C17H19NO5S. The van der Waals surface area contributed by atoms with Gasteiger partial charge in [-0.25, -0.2) is 8.42 Å². The number of aryl methyl sites for hydroxylation is 2. The summed E-state index contributed by atoms with van der Waals surface area (Å²) < 4.78 is 30.2. The zero-order valence-electron chi connectivity index (χ0n) is 13.8. The Morgan fingerprint density at radius 3 is 2.21 bits per heavy atom. The maximum atomic E-state index is 12.5. The lowest BCUT2D eigenvalue weighted by atomic mass is 10.1. The van der Waals surface area contributed by atoms with Crippen LogP contribution < -0.4 is 4.74 Å². The van der Waals surface area contributed by atoms with E-state index in [-0.39, 0.29) is 22.8 Å². The lowest BCUT2D eigenvalue weighted by Gasteiger charge is -2.10. The van der Waals surface area contributed by atoms with E-state index in [2.05, 4.69) is 0 Å². The van der Waals surface area contributed by atoms with Crippen molar-refractivity contribution >= 4 is 15.5 Å². The van der Waals surface area contributed by atoms with Gasteiger partial charge in [0, 0.05) is 17.7 Å². The number of nitrogens with zero attached hydrogens (tertiary/aromatic N) is 1. The Balaban J connectivity index is 2.31. The monoisotopic (exact) mass is 349 g/mol. The molecular weight excluding hydrogens is 330 g/mol. The Hall–Kier alpha value is -2.41. The van der Waals surface area contributed by atoms with Gasteiger partial charge >= 0.3 is 0 Å². The Labute approximate surface area is 141 Å². The summed E-state index contributed by atoms with van der Waals surface area (Å²) in [6, 6.07) is 9.58. The predicted octanol–water partition coefficient (Wildman–Crippen LogP) is 3.34. The van der Waals surface area contributed by atoms with E-state index in [4.69, 9.17) is 4.74 Å². The van der Waals surface area contributed by atoms with Gasteiger partial charge in [-0.2, -0.15) is 0 Å². The van der Waals surface area contributed by atoms with E-state index < -0.39 is 14.8 Å². The molecule has 0 aliphatic rings. The van der Waals surface area contributed by atoms with Crippen LogP contribution >= 0.6 is 0 Å². The summed E-state index contributed by atoms with van der Waals surface area (Å²) in [7, 11) is -2.09. The first-order valence-electron chi connectivity index (χ1n) is 7.29. The average Bonchev–Trinajstić information content (AvgIpc) is 2.44. The molecule has 0 aliphatic heterocycles. The lowest BCUT2D eigenvalue weighted by molar-refractivity contribution is -0.384. The molecule has 24 heavy (non-hydrogen) atoms. The number of ether oxygens (including phenoxy) is 1. The van der Waals surface area contributed by atoms with Crippen LogP contribution in [-0.4, -0.2) is 20.5 Å². The van der Waals surface area contributed by atoms with Crippen molar-refractivity contribution in [2.24, 2.45) is 0 Å². The average molecular weight is 349 g/mol. The number of hydrogen-bond donors (Lipinski definition) is 0. The van der Waals surface area contributed by atoms with E-state index in [1.807, 2.05) is 32.0 Å². The van der Waals surface area contributed by atoms with Gasteiger partial charge in [0.15, 0.2) is 9.84 Å². The molecule has 7 heteroatoms. The van der Waals surface area contributed by atoms with Crippen molar-refractivity contribution in [1.82, 2.24) is 0 Å². The highest BCUT2D eigenvalue weighted by molar-refractivity contribution is 7.89. The Morgan fingerprint density at radius 2 is 1.67 bits per heavy atom. The molecule has 0 heterocycles. The second-order valence-corrected chi connectivity index (χ2v) is 7.85. The fourth-order valence-electron chi connectivity index (χ4n) is 2.69. The van der Waals surface area contributed by atoms with Crippen LogP contribution in [0.2, 0.25) is 0 Å². The van der Waals surface area contributed by atoms with E-state index in [0.29, 0.717) is 11.3 Å².